The van der Waals surface area contributed by atoms with E-state index >= 15 is 0 Å². The van der Waals surface area contributed by atoms with Crippen LogP contribution in [0.1, 0.15) is 31.1 Å². The van der Waals surface area contributed by atoms with Crippen LogP contribution in [-0.4, -0.2) is 17.7 Å². The summed E-state index contributed by atoms with van der Waals surface area (Å²) in [6.45, 7) is 3.96. The number of nitrogen functional groups attached to an aromatic ring is 1. The number of nitrogens with one attached hydrogen (secondary N) is 1. The molecule has 0 saturated heterocycles. The van der Waals surface area contributed by atoms with Crippen LogP contribution >= 0.6 is 0 Å². The van der Waals surface area contributed by atoms with Crippen molar-refractivity contribution in [2.75, 3.05) is 12.3 Å². The maximum Gasteiger partial charge on any atom is 0.418 e. The molecule has 0 bridgehead atoms. The van der Waals surface area contributed by atoms with Crippen molar-refractivity contribution in [2.45, 2.75) is 32.2 Å². The lowest BCUT2D eigenvalue weighted by Crippen LogP contribution is -2.28. The van der Waals surface area contributed by atoms with E-state index in [4.69, 9.17) is 5.73 Å². The topological polar surface area (TPSA) is 58.3 Å². The summed E-state index contributed by atoms with van der Waals surface area (Å²) in [6.07, 6.45) is -5.50. The summed E-state index contributed by atoms with van der Waals surface area (Å²) in [5.74, 6) is 0. The fraction of sp³-hybridized carbons (Fsp3) is 0.500. The molecule has 0 aliphatic carbocycles. The van der Waals surface area contributed by atoms with E-state index in [-0.39, 0.29) is 23.8 Å². The van der Waals surface area contributed by atoms with Crippen LogP contribution in [0.25, 0.3) is 0 Å². The lowest BCUT2D eigenvalue weighted by molar-refractivity contribution is -0.137. The van der Waals surface area contributed by atoms with Crippen molar-refractivity contribution in [2.24, 2.45) is 0 Å². The highest BCUT2D eigenvalue weighted by molar-refractivity contribution is 5.50. The largest absolute Gasteiger partial charge is 0.418 e. The Morgan fingerprint density at radius 2 is 1.94 bits per heavy atom. The van der Waals surface area contributed by atoms with E-state index in [2.05, 4.69) is 5.32 Å². The van der Waals surface area contributed by atoms with Gasteiger partial charge in [-0.25, -0.2) is 0 Å². The van der Waals surface area contributed by atoms with Crippen molar-refractivity contribution >= 4 is 5.69 Å². The summed E-state index contributed by atoms with van der Waals surface area (Å²) in [5, 5.41) is 12.7. The molecule has 1 unspecified atom stereocenters. The Balaban J connectivity index is 2.91. The first-order valence-corrected chi connectivity index (χ1v) is 5.60. The van der Waals surface area contributed by atoms with Gasteiger partial charge in [-0.3, -0.25) is 0 Å². The zero-order valence-corrected chi connectivity index (χ0v) is 10.3. The first kappa shape index (κ1) is 14.8. The molecule has 4 N–H and O–H groups in total. The lowest BCUT2D eigenvalue weighted by atomic mass is 10.0. The van der Waals surface area contributed by atoms with Gasteiger partial charge in [-0.15, -0.1) is 0 Å². The summed E-state index contributed by atoms with van der Waals surface area (Å²) >= 11 is 0. The van der Waals surface area contributed by atoms with Crippen molar-refractivity contribution in [3.63, 3.8) is 0 Å². The average molecular weight is 262 g/mol. The van der Waals surface area contributed by atoms with Crippen LogP contribution in [0.15, 0.2) is 18.2 Å². The third-order valence-corrected chi connectivity index (χ3v) is 2.49. The van der Waals surface area contributed by atoms with Crippen LogP contribution in [0.2, 0.25) is 0 Å². The Bertz CT molecular complexity index is 405. The van der Waals surface area contributed by atoms with Crippen LogP contribution in [0.4, 0.5) is 18.9 Å². The fourth-order valence-corrected chi connectivity index (χ4v) is 1.49. The van der Waals surface area contributed by atoms with Gasteiger partial charge in [-0.05, 0) is 17.7 Å². The SMILES string of the molecule is CC(C)NCC(O)c1ccc(N)c(C(F)(F)F)c1. The molecule has 1 rings (SSSR count). The van der Waals surface area contributed by atoms with Crippen LogP contribution in [0.5, 0.6) is 0 Å². The molecular weight excluding hydrogens is 245 g/mol. The van der Waals surface area contributed by atoms with Crippen molar-refractivity contribution in [3.8, 4) is 0 Å². The average Bonchev–Trinajstić information content (AvgIpc) is 2.24. The predicted octanol–water partition coefficient (Wildman–Crippen LogP) is 2.32. The Morgan fingerprint density at radius 1 is 1.33 bits per heavy atom. The number of rotatable bonds is 4. The van der Waals surface area contributed by atoms with E-state index < -0.39 is 17.8 Å². The zero-order chi connectivity index (χ0) is 13.9. The molecule has 0 radical (unpaired) electrons. The minimum Gasteiger partial charge on any atom is -0.398 e. The van der Waals surface area contributed by atoms with Gasteiger partial charge in [-0.1, -0.05) is 19.9 Å². The summed E-state index contributed by atoms with van der Waals surface area (Å²) in [7, 11) is 0. The highest BCUT2D eigenvalue weighted by Crippen LogP contribution is 2.34. The number of halogens is 3. The van der Waals surface area contributed by atoms with E-state index in [0.29, 0.717) is 0 Å². The van der Waals surface area contributed by atoms with E-state index in [1.54, 1.807) is 0 Å². The van der Waals surface area contributed by atoms with Crippen LogP contribution < -0.4 is 11.1 Å². The summed E-state index contributed by atoms with van der Waals surface area (Å²) < 4.78 is 37.9. The number of nitrogens with two attached hydrogens (primary N) is 1. The minimum atomic E-state index is -4.51. The van der Waals surface area contributed by atoms with Gasteiger partial charge < -0.3 is 16.2 Å². The first-order valence-electron chi connectivity index (χ1n) is 5.60. The second-order valence-corrected chi connectivity index (χ2v) is 4.42. The van der Waals surface area contributed by atoms with Gasteiger partial charge in [0.25, 0.3) is 0 Å². The number of anilines is 1. The van der Waals surface area contributed by atoms with Gasteiger partial charge in [0.15, 0.2) is 0 Å². The number of benzene rings is 1. The maximum atomic E-state index is 12.6. The Labute approximate surface area is 104 Å². The molecule has 1 atom stereocenters. The van der Waals surface area contributed by atoms with Crippen molar-refractivity contribution in [1.29, 1.82) is 0 Å². The van der Waals surface area contributed by atoms with Crippen LogP contribution in [0, 0.1) is 0 Å². The molecule has 1 aromatic rings. The molecule has 0 saturated carbocycles. The molecule has 18 heavy (non-hydrogen) atoms. The predicted molar refractivity (Wildman–Crippen MR) is 64.0 cm³/mol. The van der Waals surface area contributed by atoms with E-state index in [1.165, 1.54) is 6.07 Å². The first-order chi connectivity index (χ1) is 8.21. The lowest BCUT2D eigenvalue weighted by Gasteiger charge is -2.17. The second kappa shape index (κ2) is 5.58. The van der Waals surface area contributed by atoms with E-state index in [0.717, 1.165) is 12.1 Å². The third kappa shape index (κ3) is 3.89. The van der Waals surface area contributed by atoms with Crippen LogP contribution in [0.3, 0.4) is 0 Å². The van der Waals surface area contributed by atoms with Gasteiger partial charge in [0, 0.05) is 18.3 Å². The Morgan fingerprint density at radius 3 is 2.44 bits per heavy atom. The standard InChI is InChI=1S/C12H17F3N2O/c1-7(2)17-6-11(18)8-3-4-10(16)9(5-8)12(13,14)15/h3-5,7,11,17-18H,6,16H2,1-2H3. The Kier molecular flexibility index (Phi) is 4.59. The van der Waals surface area contributed by atoms with Gasteiger partial charge in [0.2, 0.25) is 0 Å². The fourth-order valence-electron chi connectivity index (χ4n) is 1.49. The van der Waals surface area contributed by atoms with Gasteiger partial charge in [-0.2, -0.15) is 13.2 Å². The van der Waals surface area contributed by atoms with Crippen molar-refractivity contribution < 1.29 is 18.3 Å². The molecule has 0 aliphatic heterocycles. The molecule has 0 aromatic heterocycles. The zero-order valence-electron chi connectivity index (χ0n) is 10.3. The number of aliphatic hydroxyl groups excluding tert-OH is 1. The van der Waals surface area contributed by atoms with Crippen molar-refractivity contribution in [3.05, 3.63) is 29.3 Å². The smallest absolute Gasteiger partial charge is 0.398 e. The number of alkyl halides is 3. The quantitative estimate of drug-likeness (QED) is 0.730. The van der Waals surface area contributed by atoms with E-state index in [1.807, 2.05) is 13.8 Å². The number of aliphatic hydroxyl groups is 1. The molecule has 0 fully saturated rings. The van der Waals surface area contributed by atoms with Gasteiger partial charge in [0.05, 0.1) is 11.7 Å². The molecule has 0 spiro atoms. The highest BCUT2D eigenvalue weighted by atomic mass is 19.4. The summed E-state index contributed by atoms with van der Waals surface area (Å²) in [6, 6.07) is 3.60. The second-order valence-electron chi connectivity index (χ2n) is 4.42. The summed E-state index contributed by atoms with van der Waals surface area (Å²) in [4.78, 5) is 0. The Hall–Kier alpha value is -1.27. The minimum absolute atomic E-state index is 0.149. The molecule has 1 aromatic carbocycles. The number of hydrogen-bond acceptors (Lipinski definition) is 3. The molecule has 102 valence electrons. The van der Waals surface area contributed by atoms with Crippen LogP contribution in [-0.2, 0) is 6.18 Å². The molecule has 3 nitrogen and oxygen atoms in total. The summed E-state index contributed by atoms with van der Waals surface area (Å²) in [5.41, 5.74) is 4.23. The van der Waals surface area contributed by atoms with E-state index in [9.17, 15) is 18.3 Å². The normalized spacial score (nSPS) is 13.9. The molecule has 0 aliphatic rings. The van der Waals surface area contributed by atoms with Gasteiger partial charge >= 0.3 is 6.18 Å². The monoisotopic (exact) mass is 262 g/mol. The van der Waals surface area contributed by atoms with Crippen molar-refractivity contribution in [1.82, 2.24) is 5.32 Å². The molecular formula is C12H17F3N2O. The van der Waals surface area contributed by atoms with Gasteiger partial charge in [0.1, 0.15) is 0 Å². The third-order valence-electron chi connectivity index (χ3n) is 2.49. The molecule has 6 heteroatoms. The highest BCUT2D eigenvalue weighted by Gasteiger charge is 2.33. The number of hydrogen-bond donors (Lipinski definition) is 3. The molecule has 0 heterocycles. The molecule has 0 amide bonds. The maximum absolute atomic E-state index is 12.6.